The van der Waals surface area contributed by atoms with E-state index in [1.165, 1.54) is 12.8 Å². The van der Waals surface area contributed by atoms with Crippen LogP contribution in [-0.4, -0.2) is 61.4 Å². The van der Waals surface area contributed by atoms with E-state index in [4.69, 9.17) is 9.84 Å². The number of aliphatic hydroxyl groups is 1. The van der Waals surface area contributed by atoms with Gasteiger partial charge in [-0.1, -0.05) is 12.8 Å². The fourth-order valence-electron chi connectivity index (χ4n) is 2.31. The molecule has 1 saturated heterocycles. The number of aliphatic hydroxyl groups excluding tert-OH is 1. The van der Waals surface area contributed by atoms with Crippen molar-refractivity contribution in [3.05, 3.63) is 0 Å². The fourth-order valence-corrected chi connectivity index (χ4v) is 2.31. The fraction of sp³-hybridized carbons (Fsp3) is 0.929. The van der Waals surface area contributed by atoms with Crippen LogP contribution in [0.1, 0.15) is 39.0 Å². The lowest BCUT2D eigenvalue weighted by Crippen LogP contribution is -2.45. The van der Waals surface area contributed by atoms with Crippen molar-refractivity contribution in [1.29, 1.82) is 0 Å². The zero-order valence-corrected chi connectivity index (χ0v) is 12.1. The molecule has 2 N–H and O–H groups in total. The maximum Gasteiger partial charge on any atom is 0.239 e. The van der Waals surface area contributed by atoms with E-state index < -0.39 is 0 Å². The van der Waals surface area contributed by atoms with Crippen LogP contribution in [0.4, 0.5) is 0 Å². The zero-order chi connectivity index (χ0) is 13.9. The van der Waals surface area contributed by atoms with Crippen LogP contribution in [-0.2, 0) is 9.53 Å². The van der Waals surface area contributed by atoms with Crippen molar-refractivity contribution in [2.24, 2.45) is 0 Å². The Kier molecular flexibility index (Phi) is 8.79. The van der Waals surface area contributed by atoms with Gasteiger partial charge in [-0.3, -0.25) is 4.79 Å². The molecule has 5 nitrogen and oxygen atoms in total. The van der Waals surface area contributed by atoms with Crippen molar-refractivity contribution < 1.29 is 14.6 Å². The van der Waals surface area contributed by atoms with Crippen molar-refractivity contribution in [1.82, 2.24) is 10.2 Å². The smallest absolute Gasteiger partial charge is 0.239 e. The Bertz CT molecular complexity index is 241. The SMILES string of the molecule is CC(NCCCOCCO)C(=O)N1CCCCCC1. The number of carbonyl (C=O) groups is 1. The maximum absolute atomic E-state index is 12.2. The van der Waals surface area contributed by atoms with Gasteiger partial charge in [0.05, 0.1) is 19.3 Å². The molecule has 1 unspecified atom stereocenters. The van der Waals surface area contributed by atoms with Gasteiger partial charge in [-0.05, 0) is 32.7 Å². The number of rotatable bonds is 8. The molecule has 1 aliphatic heterocycles. The van der Waals surface area contributed by atoms with E-state index in [1.807, 2.05) is 11.8 Å². The van der Waals surface area contributed by atoms with Gasteiger partial charge < -0.3 is 20.1 Å². The molecule has 0 bridgehead atoms. The molecule has 1 amide bonds. The molecule has 1 fully saturated rings. The molecule has 112 valence electrons. The van der Waals surface area contributed by atoms with Crippen molar-refractivity contribution in [2.75, 3.05) is 39.5 Å². The first kappa shape index (κ1) is 16.4. The highest BCUT2D eigenvalue weighted by atomic mass is 16.5. The van der Waals surface area contributed by atoms with Crippen LogP contribution in [0.2, 0.25) is 0 Å². The molecular weight excluding hydrogens is 244 g/mol. The molecule has 5 heteroatoms. The van der Waals surface area contributed by atoms with Gasteiger partial charge in [-0.15, -0.1) is 0 Å². The second kappa shape index (κ2) is 10.2. The monoisotopic (exact) mass is 272 g/mol. The van der Waals surface area contributed by atoms with Gasteiger partial charge in [-0.2, -0.15) is 0 Å². The second-order valence-electron chi connectivity index (χ2n) is 5.10. The van der Waals surface area contributed by atoms with E-state index in [9.17, 15) is 4.79 Å². The van der Waals surface area contributed by atoms with E-state index in [2.05, 4.69) is 5.32 Å². The number of nitrogens with zero attached hydrogens (tertiary/aromatic N) is 1. The van der Waals surface area contributed by atoms with Crippen LogP contribution in [0.25, 0.3) is 0 Å². The topological polar surface area (TPSA) is 61.8 Å². The molecule has 0 aromatic heterocycles. The van der Waals surface area contributed by atoms with Crippen molar-refractivity contribution in [3.63, 3.8) is 0 Å². The molecule has 1 heterocycles. The highest BCUT2D eigenvalue weighted by molar-refractivity contribution is 5.81. The lowest BCUT2D eigenvalue weighted by atomic mass is 10.2. The first-order chi connectivity index (χ1) is 9.25. The largest absolute Gasteiger partial charge is 0.394 e. The normalized spacial score (nSPS) is 18.1. The summed E-state index contributed by atoms with van der Waals surface area (Å²) in [6.45, 7) is 5.60. The van der Waals surface area contributed by atoms with E-state index in [1.54, 1.807) is 0 Å². The van der Waals surface area contributed by atoms with Crippen LogP contribution in [0.3, 0.4) is 0 Å². The highest BCUT2D eigenvalue weighted by Crippen LogP contribution is 2.10. The van der Waals surface area contributed by atoms with Crippen molar-refractivity contribution in [2.45, 2.75) is 45.1 Å². The number of ether oxygens (including phenoxy) is 1. The van der Waals surface area contributed by atoms with Gasteiger partial charge in [-0.25, -0.2) is 0 Å². The summed E-state index contributed by atoms with van der Waals surface area (Å²) < 4.78 is 5.17. The third-order valence-corrected chi connectivity index (χ3v) is 3.44. The Hall–Kier alpha value is -0.650. The molecule has 0 aromatic rings. The summed E-state index contributed by atoms with van der Waals surface area (Å²) in [4.78, 5) is 14.2. The Morgan fingerprint density at radius 2 is 1.95 bits per heavy atom. The molecule has 19 heavy (non-hydrogen) atoms. The number of carbonyl (C=O) groups excluding carboxylic acids is 1. The van der Waals surface area contributed by atoms with Gasteiger partial charge in [0.2, 0.25) is 5.91 Å². The molecule has 1 atom stereocenters. The van der Waals surface area contributed by atoms with E-state index in [-0.39, 0.29) is 18.6 Å². The number of amides is 1. The van der Waals surface area contributed by atoms with E-state index in [0.717, 1.165) is 38.9 Å². The molecule has 0 aromatic carbocycles. The van der Waals surface area contributed by atoms with Crippen LogP contribution in [0.5, 0.6) is 0 Å². The first-order valence-electron chi connectivity index (χ1n) is 7.46. The number of hydrogen-bond acceptors (Lipinski definition) is 4. The average Bonchev–Trinajstić information content (AvgIpc) is 2.70. The molecule has 1 aliphatic rings. The minimum Gasteiger partial charge on any atom is -0.394 e. The van der Waals surface area contributed by atoms with Crippen LogP contribution in [0, 0.1) is 0 Å². The van der Waals surface area contributed by atoms with Gasteiger partial charge in [0.1, 0.15) is 0 Å². The molecule has 0 radical (unpaired) electrons. The van der Waals surface area contributed by atoms with Crippen LogP contribution in [0.15, 0.2) is 0 Å². The summed E-state index contributed by atoms with van der Waals surface area (Å²) in [6, 6.07) is -0.115. The summed E-state index contributed by atoms with van der Waals surface area (Å²) >= 11 is 0. The number of likely N-dealkylation sites (tertiary alicyclic amines) is 1. The minimum atomic E-state index is -0.115. The lowest BCUT2D eigenvalue weighted by molar-refractivity contribution is -0.133. The van der Waals surface area contributed by atoms with Gasteiger partial charge in [0, 0.05) is 19.7 Å². The van der Waals surface area contributed by atoms with Crippen LogP contribution < -0.4 is 5.32 Å². The lowest BCUT2D eigenvalue weighted by Gasteiger charge is -2.24. The zero-order valence-electron chi connectivity index (χ0n) is 12.1. The molecule has 0 saturated carbocycles. The number of hydrogen-bond donors (Lipinski definition) is 2. The molecule has 0 aliphatic carbocycles. The Labute approximate surface area is 116 Å². The third-order valence-electron chi connectivity index (χ3n) is 3.44. The maximum atomic E-state index is 12.2. The molecule has 1 rings (SSSR count). The third kappa shape index (κ3) is 6.89. The van der Waals surface area contributed by atoms with Gasteiger partial charge in [0.15, 0.2) is 0 Å². The van der Waals surface area contributed by atoms with E-state index in [0.29, 0.717) is 13.2 Å². The average molecular weight is 272 g/mol. The van der Waals surface area contributed by atoms with Gasteiger partial charge >= 0.3 is 0 Å². The second-order valence-corrected chi connectivity index (χ2v) is 5.10. The molecule has 0 spiro atoms. The summed E-state index contributed by atoms with van der Waals surface area (Å²) in [6.07, 6.45) is 5.61. The Morgan fingerprint density at radius 1 is 1.26 bits per heavy atom. The summed E-state index contributed by atoms with van der Waals surface area (Å²) in [5.74, 6) is 0.221. The predicted molar refractivity (Wildman–Crippen MR) is 75.0 cm³/mol. The van der Waals surface area contributed by atoms with Crippen molar-refractivity contribution >= 4 is 5.91 Å². The number of nitrogens with one attached hydrogen (secondary N) is 1. The van der Waals surface area contributed by atoms with Crippen LogP contribution >= 0.6 is 0 Å². The standard InChI is InChI=1S/C14H28N2O3/c1-13(15-7-6-11-19-12-10-17)14(18)16-8-4-2-3-5-9-16/h13,15,17H,2-12H2,1H3. The first-order valence-corrected chi connectivity index (χ1v) is 7.46. The summed E-state index contributed by atoms with van der Waals surface area (Å²) in [5.41, 5.74) is 0. The predicted octanol–water partition coefficient (Wildman–Crippen LogP) is 0.766. The Balaban J connectivity index is 2.13. The highest BCUT2D eigenvalue weighted by Gasteiger charge is 2.20. The van der Waals surface area contributed by atoms with Crippen molar-refractivity contribution in [3.8, 4) is 0 Å². The quantitative estimate of drug-likeness (QED) is 0.641. The van der Waals surface area contributed by atoms with E-state index >= 15 is 0 Å². The molecular formula is C14H28N2O3. The summed E-state index contributed by atoms with van der Waals surface area (Å²) in [7, 11) is 0. The van der Waals surface area contributed by atoms with Gasteiger partial charge in [0.25, 0.3) is 0 Å². The summed E-state index contributed by atoms with van der Waals surface area (Å²) in [5, 5.41) is 11.8. The Morgan fingerprint density at radius 3 is 2.58 bits per heavy atom. The minimum absolute atomic E-state index is 0.0667.